The van der Waals surface area contributed by atoms with Gasteiger partial charge in [0.25, 0.3) is 11.6 Å². The summed E-state index contributed by atoms with van der Waals surface area (Å²) in [5.41, 5.74) is 1.48. The molecule has 2 aromatic rings. The van der Waals surface area contributed by atoms with Crippen molar-refractivity contribution >= 4 is 46.2 Å². The molecule has 156 valence electrons. The van der Waals surface area contributed by atoms with Gasteiger partial charge in [-0.3, -0.25) is 29.3 Å². The molecule has 3 rings (SSSR count). The van der Waals surface area contributed by atoms with E-state index in [1.165, 1.54) is 29.2 Å². The predicted molar refractivity (Wildman–Crippen MR) is 115 cm³/mol. The van der Waals surface area contributed by atoms with E-state index < -0.39 is 4.92 Å². The van der Waals surface area contributed by atoms with Crippen molar-refractivity contribution in [1.29, 1.82) is 0 Å². The number of non-ortho nitro benzene ring substituents is 1. The van der Waals surface area contributed by atoms with Crippen LogP contribution in [-0.4, -0.2) is 48.9 Å². The SMILES string of the molecule is CCN1C(=O)/C(=C\c2cnn(CC)c2)N=C1SCC(=O)Nc1ccc([N+](=O)[O-])cc1. The molecule has 0 aliphatic carbocycles. The third-order valence-corrected chi connectivity index (χ3v) is 5.18. The van der Waals surface area contributed by atoms with Gasteiger partial charge in [0.1, 0.15) is 5.70 Å². The van der Waals surface area contributed by atoms with Crippen molar-refractivity contribution in [3.63, 3.8) is 0 Å². The van der Waals surface area contributed by atoms with Gasteiger partial charge in [-0.1, -0.05) is 11.8 Å². The minimum atomic E-state index is -0.506. The summed E-state index contributed by atoms with van der Waals surface area (Å²) in [7, 11) is 0. The van der Waals surface area contributed by atoms with E-state index in [9.17, 15) is 19.7 Å². The summed E-state index contributed by atoms with van der Waals surface area (Å²) in [6.45, 7) is 4.97. The number of nitro groups is 1. The van der Waals surface area contributed by atoms with Crippen molar-refractivity contribution in [3.05, 3.63) is 58.0 Å². The maximum absolute atomic E-state index is 12.6. The second-order valence-corrected chi connectivity index (χ2v) is 7.19. The van der Waals surface area contributed by atoms with Crippen molar-refractivity contribution in [2.45, 2.75) is 20.4 Å². The Morgan fingerprint density at radius 2 is 2.00 bits per heavy atom. The van der Waals surface area contributed by atoms with Crippen LogP contribution in [-0.2, 0) is 16.1 Å². The molecule has 0 spiro atoms. The Morgan fingerprint density at radius 3 is 2.60 bits per heavy atom. The number of benzene rings is 1. The number of carbonyl (C=O) groups excluding carboxylic acids is 2. The lowest BCUT2D eigenvalue weighted by molar-refractivity contribution is -0.384. The summed E-state index contributed by atoms with van der Waals surface area (Å²) in [5.74, 6) is -0.484. The summed E-state index contributed by atoms with van der Waals surface area (Å²) in [6.07, 6.45) is 5.17. The first kappa shape index (κ1) is 21.2. The zero-order chi connectivity index (χ0) is 21.7. The fourth-order valence-electron chi connectivity index (χ4n) is 2.70. The molecule has 2 amide bonds. The van der Waals surface area contributed by atoms with E-state index >= 15 is 0 Å². The van der Waals surface area contributed by atoms with Gasteiger partial charge in [0.15, 0.2) is 5.17 Å². The molecule has 1 aliphatic rings. The van der Waals surface area contributed by atoms with Crippen molar-refractivity contribution in [3.8, 4) is 0 Å². The molecule has 0 saturated carbocycles. The largest absolute Gasteiger partial charge is 0.325 e. The number of nitrogens with zero attached hydrogens (tertiary/aromatic N) is 5. The summed E-state index contributed by atoms with van der Waals surface area (Å²) in [6, 6.07) is 5.57. The Labute approximate surface area is 176 Å². The van der Waals surface area contributed by atoms with Crippen LogP contribution >= 0.6 is 11.8 Å². The van der Waals surface area contributed by atoms with Gasteiger partial charge < -0.3 is 5.32 Å². The topological polar surface area (TPSA) is 123 Å². The van der Waals surface area contributed by atoms with Gasteiger partial charge in [0.05, 0.1) is 16.9 Å². The first-order chi connectivity index (χ1) is 14.4. The quantitative estimate of drug-likeness (QED) is 0.411. The lowest BCUT2D eigenvalue weighted by Gasteiger charge is -2.14. The van der Waals surface area contributed by atoms with E-state index in [1.54, 1.807) is 17.0 Å². The van der Waals surface area contributed by atoms with Gasteiger partial charge >= 0.3 is 0 Å². The molecule has 1 aromatic heterocycles. The molecule has 2 heterocycles. The average molecular weight is 428 g/mol. The number of amides is 2. The third kappa shape index (κ3) is 4.92. The number of hydrogen-bond donors (Lipinski definition) is 1. The Bertz CT molecular complexity index is 1030. The second-order valence-electron chi connectivity index (χ2n) is 6.24. The molecule has 0 fully saturated rings. The van der Waals surface area contributed by atoms with E-state index in [-0.39, 0.29) is 23.3 Å². The molecule has 30 heavy (non-hydrogen) atoms. The number of nitro benzene ring substituents is 1. The number of aryl methyl sites for hydroxylation is 1. The number of likely N-dealkylation sites (N-methyl/N-ethyl adjacent to an activating group) is 1. The number of nitrogens with one attached hydrogen (secondary N) is 1. The lowest BCUT2D eigenvalue weighted by atomic mass is 10.3. The fourth-order valence-corrected chi connectivity index (χ4v) is 3.56. The molecule has 0 atom stereocenters. The number of aromatic nitrogens is 2. The number of amidine groups is 1. The van der Waals surface area contributed by atoms with E-state index in [4.69, 9.17) is 0 Å². The minimum absolute atomic E-state index is 0.0423. The highest BCUT2D eigenvalue weighted by Crippen LogP contribution is 2.24. The Hall–Kier alpha value is -3.47. The maximum atomic E-state index is 12.6. The van der Waals surface area contributed by atoms with Gasteiger partial charge in [0.2, 0.25) is 5.91 Å². The van der Waals surface area contributed by atoms with Gasteiger partial charge in [-0.15, -0.1) is 0 Å². The summed E-state index contributed by atoms with van der Waals surface area (Å²) in [4.78, 5) is 40.9. The van der Waals surface area contributed by atoms with E-state index in [1.807, 2.05) is 20.0 Å². The number of carbonyl (C=O) groups is 2. The number of aliphatic imine (C=N–C) groups is 1. The van der Waals surface area contributed by atoms with Crippen LogP contribution in [0, 0.1) is 10.1 Å². The van der Waals surface area contributed by atoms with Crippen molar-refractivity contribution in [2.75, 3.05) is 17.6 Å². The van der Waals surface area contributed by atoms with Crippen LogP contribution in [0.25, 0.3) is 6.08 Å². The molecule has 0 radical (unpaired) electrons. The molecule has 1 aliphatic heterocycles. The first-order valence-electron chi connectivity index (χ1n) is 9.23. The van der Waals surface area contributed by atoms with Crippen LogP contribution < -0.4 is 5.32 Å². The number of thioether (sulfide) groups is 1. The van der Waals surface area contributed by atoms with Crippen LogP contribution in [0.3, 0.4) is 0 Å². The molecule has 0 bridgehead atoms. The standard InChI is InChI=1S/C19H20N6O4S/c1-3-23-11-13(10-20-23)9-16-18(27)24(4-2)19(22-16)30-12-17(26)21-14-5-7-15(8-6-14)25(28)29/h5-11H,3-4,12H2,1-2H3,(H,21,26)/b16-9+. The smallest absolute Gasteiger partial charge is 0.278 e. The van der Waals surface area contributed by atoms with Crippen molar-refractivity contribution in [1.82, 2.24) is 14.7 Å². The zero-order valence-corrected chi connectivity index (χ0v) is 17.3. The monoisotopic (exact) mass is 428 g/mol. The normalized spacial score (nSPS) is 14.9. The van der Waals surface area contributed by atoms with Crippen molar-refractivity contribution < 1.29 is 14.5 Å². The molecular weight excluding hydrogens is 408 g/mol. The summed E-state index contributed by atoms with van der Waals surface area (Å²) < 4.78 is 1.76. The zero-order valence-electron chi connectivity index (χ0n) is 16.4. The number of anilines is 1. The maximum Gasteiger partial charge on any atom is 0.278 e. The first-order valence-corrected chi connectivity index (χ1v) is 10.2. The molecular formula is C19H20N6O4S. The van der Waals surface area contributed by atoms with Crippen LogP contribution in [0.4, 0.5) is 11.4 Å². The second kappa shape index (κ2) is 9.35. The number of hydrogen-bond acceptors (Lipinski definition) is 7. The van der Waals surface area contributed by atoms with E-state index in [0.29, 0.717) is 23.1 Å². The highest BCUT2D eigenvalue weighted by molar-refractivity contribution is 8.14. The molecule has 1 aromatic carbocycles. The number of rotatable bonds is 7. The van der Waals surface area contributed by atoms with Crippen LogP contribution in [0.15, 0.2) is 47.3 Å². The predicted octanol–water partition coefficient (Wildman–Crippen LogP) is 2.74. The molecule has 1 N–H and O–H groups in total. The Morgan fingerprint density at radius 1 is 1.27 bits per heavy atom. The van der Waals surface area contributed by atoms with Crippen LogP contribution in [0.1, 0.15) is 19.4 Å². The third-order valence-electron chi connectivity index (χ3n) is 4.20. The minimum Gasteiger partial charge on any atom is -0.325 e. The Balaban J connectivity index is 1.64. The van der Waals surface area contributed by atoms with Crippen molar-refractivity contribution in [2.24, 2.45) is 4.99 Å². The summed E-state index contributed by atoms with van der Waals surface area (Å²) >= 11 is 1.15. The van der Waals surface area contributed by atoms with Crippen LogP contribution in [0.5, 0.6) is 0 Å². The molecule has 0 saturated heterocycles. The van der Waals surface area contributed by atoms with Crippen LogP contribution in [0.2, 0.25) is 0 Å². The van der Waals surface area contributed by atoms with Gasteiger partial charge in [-0.25, -0.2) is 4.99 Å². The molecule has 11 heteroatoms. The van der Waals surface area contributed by atoms with Gasteiger partial charge in [0, 0.05) is 42.7 Å². The molecule has 0 unspecified atom stereocenters. The fraction of sp³-hybridized carbons (Fsp3) is 0.263. The van der Waals surface area contributed by atoms with E-state index in [2.05, 4.69) is 15.4 Å². The highest BCUT2D eigenvalue weighted by atomic mass is 32.2. The van der Waals surface area contributed by atoms with E-state index in [0.717, 1.165) is 23.9 Å². The van der Waals surface area contributed by atoms with Gasteiger partial charge in [-0.05, 0) is 32.1 Å². The summed E-state index contributed by atoms with van der Waals surface area (Å²) in [5, 5.41) is 18.0. The average Bonchev–Trinajstić information content (AvgIpc) is 3.31. The molecule has 10 nitrogen and oxygen atoms in total. The van der Waals surface area contributed by atoms with Gasteiger partial charge in [-0.2, -0.15) is 5.10 Å². The Kier molecular flexibility index (Phi) is 6.62. The lowest BCUT2D eigenvalue weighted by Crippen LogP contribution is -2.31. The highest BCUT2D eigenvalue weighted by Gasteiger charge is 2.29.